The minimum Gasteiger partial charge on any atom is -0.387 e. The molecule has 1 aliphatic rings. The molecule has 5 nitrogen and oxygen atoms in total. The quantitative estimate of drug-likeness (QED) is 0.752. The first-order chi connectivity index (χ1) is 9.16. The van der Waals surface area contributed by atoms with Crippen molar-refractivity contribution in [3.63, 3.8) is 0 Å². The fourth-order valence-corrected chi connectivity index (χ4v) is 1.85. The van der Waals surface area contributed by atoms with Crippen LogP contribution < -0.4 is 10.6 Å². The molecule has 1 aromatic carbocycles. The summed E-state index contributed by atoms with van der Waals surface area (Å²) < 4.78 is 18.0. The minimum absolute atomic E-state index is 0. The number of amides is 1. The van der Waals surface area contributed by atoms with E-state index in [1.165, 1.54) is 24.3 Å². The van der Waals surface area contributed by atoms with Crippen molar-refractivity contribution in [2.45, 2.75) is 12.2 Å². The van der Waals surface area contributed by atoms with E-state index in [9.17, 15) is 14.3 Å². The van der Waals surface area contributed by atoms with Crippen molar-refractivity contribution in [1.29, 1.82) is 0 Å². The second-order valence-corrected chi connectivity index (χ2v) is 4.38. The monoisotopic (exact) mass is 304 g/mol. The largest absolute Gasteiger partial charge is 0.387 e. The topological polar surface area (TPSA) is 70.6 Å². The Bertz CT molecular complexity index is 424. The number of rotatable bonds is 4. The van der Waals surface area contributed by atoms with Gasteiger partial charge in [-0.15, -0.1) is 12.4 Å². The summed E-state index contributed by atoms with van der Waals surface area (Å²) in [5.74, 6) is -0.616. The lowest BCUT2D eigenvalue weighted by atomic mass is 10.1. The lowest BCUT2D eigenvalue weighted by Gasteiger charge is -2.23. The minimum atomic E-state index is -0.860. The number of morpholine rings is 1. The lowest BCUT2D eigenvalue weighted by molar-refractivity contribution is -0.134. The molecule has 0 bridgehead atoms. The van der Waals surface area contributed by atoms with Crippen molar-refractivity contribution in [2.75, 3.05) is 26.2 Å². The zero-order chi connectivity index (χ0) is 13.7. The Hall–Kier alpha value is -1.21. The SMILES string of the molecule is Cl.O=C(NCC(O)c1ccc(F)cc1)C1CNCCO1. The summed E-state index contributed by atoms with van der Waals surface area (Å²) in [6.45, 7) is 1.78. The van der Waals surface area contributed by atoms with Crippen molar-refractivity contribution in [2.24, 2.45) is 0 Å². The molecule has 1 heterocycles. The molecule has 1 saturated heterocycles. The zero-order valence-electron chi connectivity index (χ0n) is 10.8. The van der Waals surface area contributed by atoms with Gasteiger partial charge in [-0.05, 0) is 17.7 Å². The third-order valence-electron chi connectivity index (χ3n) is 2.94. The van der Waals surface area contributed by atoms with Crippen LogP contribution in [0, 0.1) is 5.82 Å². The summed E-state index contributed by atoms with van der Waals surface area (Å²) in [4.78, 5) is 11.7. The van der Waals surface area contributed by atoms with Gasteiger partial charge in [-0.3, -0.25) is 4.79 Å². The Labute approximate surface area is 122 Å². The molecule has 1 aliphatic heterocycles. The maximum absolute atomic E-state index is 12.7. The summed E-state index contributed by atoms with van der Waals surface area (Å²) >= 11 is 0. The molecule has 1 fully saturated rings. The fraction of sp³-hybridized carbons (Fsp3) is 0.462. The van der Waals surface area contributed by atoms with Crippen LogP contribution in [0.1, 0.15) is 11.7 Å². The van der Waals surface area contributed by atoms with E-state index in [0.29, 0.717) is 18.7 Å². The molecule has 2 atom stereocenters. The predicted molar refractivity (Wildman–Crippen MR) is 74.2 cm³/mol. The van der Waals surface area contributed by atoms with Crippen molar-refractivity contribution in [1.82, 2.24) is 10.6 Å². The van der Waals surface area contributed by atoms with Crippen LogP contribution in [-0.2, 0) is 9.53 Å². The number of aliphatic hydroxyl groups excluding tert-OH is 1. The van der Waals surface area contributed by atoms with Gasteiger partial charge in [0, 0.05) is 19.6 Å². The average Bonchev–Trinajstić information content (AvgIpc) is 2.46. The number of aliphatic hydroxyl groups is 1. The maximum Gasteiger partial charge on any atom is 0.250 e. The van der Waals surface area contributed by atoms with E-state index in [0.717, 1.165) is 6.54 Å². The van der Waals surface area contributed by atoms with Crippen LogP contribution >= 0.6 is 12.4 Å². The molecule has 2 unspecified atom stereocenters. The van der Waals surface area contributed by atoms with E-state index >= 15 is 0 Å². The molecule has 7 heteroatoms. The van der Waals surface area contributed by atoms with E-state index in [1.807, 2.05) is 0 Å². The first kappa shape index (κ1) is 16.8. The number of nitrogens with one attached hydrogen (secondary N) is 2. The van der Waals surface area contributed by atoms with Crippen LogP contribution in [0.4, 0.5) is 4.39 Å². The highest BCUT2D eigenvalue weighted by Gasteiger charge is 2.22. The second kappa shape index (κ2) is 8.16. The van der Waals surface area contributed by atoms with Gasteiger partial charge in [0.25, 0.3) is 5.91 Å². The molecule has 3 N–H and O–H groups in total. The highest BCUT2D eigenvalue weighted by molar-refractivity contribution is 5.85. The normalized spacial score (nSPS) is 19.8. The molecular weight excluding hydrogens is 287 g/mol. The second-order valence-electron chi connectivity index (χ2n) is 4.38. The zero-order valence-corrected chi connectivity index (χ0v) is 11.7. The molecular formula is C13H18ClFN2O3. The van der Waals surface area contributed by atoms with E-state index in [1.54, 1.807) is 0 Å². The number of carbonyl (C=O) groups excluding carboxylic acids is 1. The van der Waals surface area contributed by atoms with Gasteiger partial charge in [-0.25, -0.2) is 4.39 Å². The standard InChI is InChI=1S/C13H17FN2O3.ClH/c14-10-3-1-9(2-4-10)11(17)7-16-13(18)12-8-15-5-6-19-12;/h1-4,11-12,15,17H,5-8H2,(H,16,18);1H. The Morgan fingerprint density at radius 1 is 1.50 bits per heavy atom. The van der Waals surface area contributed by atoms with Gasteiger partial charge in [0.05, 0.1) is 12.7 Å². The van der Waals surface area contributed by atoms with Crippen molar-refractivity contribution < 1.29 is 19.0 Å². The van der Waals surface area contributed by atoms with E-state index in [-0.39, 0.29) is 30.7 Å². The van der Waals surface area contributed by atoms with E-state index in [4.69, 9.17) is 4.74 Å². The van der Waals surface area contributed by atoms with Crippen LogP contribution in [0.5, 0.6) is 0 Å². The summed E-state index contributed by atoms with van der Waals surface area (Å²) in [5, 5.41) is 15.5. The fourth-order valence-electron chi connectivity index (χ4n) is 1.85. The lowest BCUT2D eigenvalue weighted by Crippen LogP contribution is -2.48. The highest BCUT2D eigenvalue weighted by Crippen LogP contribution is 2.12. The van der Waals surface area contributed by atoms with Crippen LogP contribution in [0.3, 0.4) is 0 Å². The number of hydrogen-bond donors (Lipinski definition) is 3. The maximum atomic E-state index is 12.7. The van der Waals surface area contributed by atoms with Crippen LogP contribution in [0.15, 0.2) is 24.3 Å². The molecule has 0 radical (unpaired) electrons. The van der Waals surface area contributed by atoms with Crippen molar-refractivity contribution in [3.05, 3.63) is 35.6 Å². The van der Waals surface area contributed by atoms with Crippen LogP contribution in [0.2, 0.25) is 0 Å². The highest BCUT2D eigenvalue weighted by atomic mass is 35.5. The summed E-state index contributed by atoms with van der Waals surface area (Å²) in [5.41, 5.74) is 0.560. The number of halogens is 2. The molecule has 0 saturated carbocycles. The Balaban J connectivity index is 0.00000200. The van der Waals surface area contributed by atoms with E-state index in [2.05, 4.69) is 10.6 Å². The van der Waals surface area contributed by atoms with Gasteiger partial charge in [-0.1, -0.05) is 12.1 Å². The van der Waals surface area contributed by atoms with Gasteiger partial charge in [-0.2, -0.15) is 0 Å². The summed E-state index contributed by atoms with van der Waals surface area (Å²) in [6, 6.07) is 5.53. The summed E-state index contributed by atoms with van der Waals surface area (Å²) in [7, 11) is 0. The Morgan fingerprint density at radius 3 is 2.80 bits per heavy atom. The van der Waals surface area contributed by atoms with Gasteiger partial charge in [0.15, 0.2) is 0 Å². The summed E-state index contributed by atoms with van der Waals surface area (Å²) in [6.07, 6.45) is -1.38. The number of ether oxygens (including phenoxy) is 1. The Morgan fingerprint density at radius 2 is 2.20 bits per heavy atom. The number of carbonyl (C=O) groups is 1. The number of benzene rings is 1. The molecule has 112 valence electrons. The first-order valence-electron chi connectivity index (χ1n) is 6.20. The average molecular weight is 305 g/mol. The van der Waals surface area contributed by atoms with Gasteiger partial charge >= 0.3 is 0 Å². The van der Waals surface area contributed by atoms with Crippen molar-refractivity contribution >= 4 is 18.3 Å². The third-order valence-corrected chi connectivity index (χ3v) is 2.94. The molecule has 1 aromatic rings. The molecule has 0 aromatic heterocycles. The van der Waals surface area contributed by atoms with Crippen molar-refractivity contribution in [3.8, 4) is 0 Å². The molecule has 2 rings (SSSR count). The van der Waals surface area contributed by atoms with Gasteiger partial charge < -0.3 is 20.5 Å². The Kier molecular flexibility index (Phi) is 6.87. The van der Waals surface area contributed by atoms with Crippen LogP contribution in [0.25, 0.3) is 0 Å². The predicted octanol–water partition coefficient (Wildman–Crippen LogP) is 0.385. The molecule has 1 amide bonds. The molecule has 0 aliphatic carbocycles. The third kappa shape index (κ3) is 4.72. The molecule has 20 heavy (non-hydrogen) atoms. The van der Waals surface area contributed by atoms with E-state index < -0.39 is 12.2 Å². The number of hydrogen-bond acceptors (Lipinski definition) is 4. The van der Waals surface area contributed by atoms with Crippen LogP contribution in [-0.4, -0.2) is 43.4 Å². The smallest absolute Gasteiger partial charge is 0.250 e. The van der Waals surface area contributed by atoms with Gasteiger partial charge in [0.2, 0.25) is 0 Å². The molecule has 0 spiro atoms. The van der Waals surface area contributed by atoms with Gasteiger partial charge in [0.1, 0.15) is 11.9 Å². The first-order valence-corrected chi connectivity index (χ1v) is 6.20.